The van der Waals surface area contributed by atoms with E-state index in [9.17, 15) is 5.11 Å². The Balaban J connectivity index is 2.29. The maximum absolute atomic E-state index is 9.61. The van der Waals surface area contributed by atoms with Crippen LogP contribution in [0.2, 0.25) is 0 Å². The van der Waals surface area contributed by atoms with Crippen LogP contribution in [-0.2, 0) is 5.41 Å². The predicted molar refractivity (Wildman–Crippen MR) is 67.9 cm³/mol. The van der Waals surface area contributed by atoms with Crippen molar-refractivity contribution in [1.82, 2.24) is 0 Å². The molecule has 1 unspecified atom stereocenters. The minimum atomic E-state index is -0.00214. The molecule has 16 heavy (non-hydrogen) atoms. The third-order valence-corrected chi connectivity index (χ3v) is 4.12. The van der Waals surface area contributed by atoms with Crippen molar-refractivity contribution in [3.05, 3.63) is 29.8 Å². The molecule has 0 amide bonds. The molecule has 0 spiro atoms. The highest BCUT2D eigenvalue weighted by Gasteiger charge is 2.61. The smallest absolute Gasteiger partial charge is 0.0533 e. The van der Waals surface area contributed by atoms with E-state index in [0.29, 0.717) is 0 Å². The lowest BCUT2D eigenvalue weighted by Crippen LogP contribution is -2.19. The van der Waals surface area contributed by atoms with Crippen LogP contribution in [-0.4, -0.2) is 25.8 Å². The normalized spacial score (nSPS) is 26.6. The number of benzene rings is 1. The van der Waals surface area contributed by atoms with E-state index in [-0.39, 0.29) is 17.4 Å². The van der Waals surface area contributed by atoms with Crippen LogP contribution in [0.1, 0.15) is 25.8 Å². The molecule has 1 aliphatic carbocycles. The number of aliphatic hydroxyl groups is 1. The van der Waals surface area contributed by atoms with Crippen LogP contribution >= 0.6 is 0 Å². The fourth-order valence-corrected chi connectivity index (χ4v) is 2.64. The summed E-state index contributed by atoms with van der Waals surface area (Å²) in [6.07, 6.45) is 1.08. The standard InChI is InChI=1S/C14H21NO/c1-13(2)9-14(13,10-16)11-5-7-12(8-6-11)15(3)4/h5-8,16H,9-10H2,1-4H3. The molecule has 2 heteroatoms. The average Bonchev–Trinajstić information content (AvgIpc) is 2.82. The summed E-state index contributed by atoms with van der Waals surface area (Å²) in [6, 6.07) is 8.56. The number of nitrogens with zero attached hydrogens (tertiary/aromatic N) is 1. The molecule has 1 saturated carbocycles. The third kappa shape index (κ3) is 1.52. The first-order valence-corrected chi connectivity index (χ1v) is 5.82. The fraction of sp³-hybridized carbons (Fsp3) is 0.571. The maximum atomic E-state index is 9.61. The Morgan fingerprint density at radius 3 is 2.00 bits per heavy atom. The molecule has 0 aromatic heterocycles. The summed E-state index contributed by atoms with van der Waals surface area (Å²) in [4.78, 5) is 2.09. The Labute approximate surface area is 97.9 Å². The Morgan fingerprint density at radius 2 is 1.69 bits per heavy atom. The molecule has 1 N–H and O–H groups in total. The molecular formula is C14H21NO. The molecule has 2 nitrogen and oxygen atoms in total. The van der Waals surface area contributed by atoms with Gasteiger partial charge >= 0.3 is 0 Å². The van der Waals surface area contributed by atoms with Crippen LogP contribution in [0.25, 0.3) is 0 Å². The topological polar surface area (TPSA) is 23.5 Å². The Morgan fingerprint density at radius 1 is 1.19 bits per heavy atom. The first-order chi connectivity index (χ1) is 7.43. The van der Waals surface area contributed by atoms with Gasteiger partial charge in [-0.15, -0.1) is 0 Å². The lowest BCUT2D eigenvalue weighted by Gasteiger charge is -2.20. The second-order valence-corrected chi connectivity index (χ2v) is 5.74. The van der Waals surface area contributed by atoms with Crippen LogP contribution < -0.4 is 4.90 Å². The summed E-state index contributed by atoms with van der Waals surface area (Å²) in [5.41, 5.74) is 2.71. The van der Waals surface area contributed by atoms with Crippen molar-refractivity contribution in [2.45, 2.75) is 25.7 Å². The van der Waals surface area contributed by atoms with Crippen molar-refractivity contribution in [3.63, 3.8) is 0 Å². The largest absolute Gasteiger partial charge is 0.395 e. The monoisotopic (exact) mass is 219 g/mol. The van der Waals surface area contributed by atoms with Crippen molar-refractivity contribution in [1.29, 1.82) is 0 Å². The number of rotatable bonds is 3. The van der Waals surface area contributed by atoms with E-state index < -0.39 is 0 Å². The zero-order valence-corrected chi connectivity index (χ0v) is 10.6. The van der Waals surface area contributed by atoms with Crippen molar-refractivity contribution in [2.24, 2.45) is 5.41 Å². The highest BCUT2D eigenvalue weighted by molar-refractivity contribution is 5.49. The highest BCUT2D eigenvalue weighted by atomic mass is 16.3. The molecule has 1 atom stereocenters. The van der Waals surface area contributed by atoms with Crippen LogP contribution in [0.5, 0.6) is 0 Å². The maximum Gasteiger partial charge on any atom is 0.0533 e. The van der Waals surface area contributed by atoms with Gasteiger partial charge in [0.05, 0.1) is 6.61 Å². The molecule has 0 aliphatic heterocycles. The number of hydrogen-bond acceptors (Lipinski definition) is 2. The molecule has 1 aromatic carbocycles. The molecule has 1 aliphatic rings. The molecule has 0 bridgehead atoms. The van der Waals surface area contributed by atoms with Crippen molar-refractivity contribution >= 4 is 5.69 Å². The van der Waals surface area contributed by atoms with Crippen molar-refractivity contribution in [3.8, 4) is 0 Å². The minimum Gasteiger partial charge on any atom is -0.395 e. The van der Waals surface area contributed by atoms with Gasteiger partial charge in [0.1, 0.15) is 0 Å². The van der Waals surface area contributed by atoms with Crippen LogP contribution in [0.4, 0.5) is 5.69 Å². The summed E-state index contributed by atoms with van der Waals surface area (Å²) in [5, 5.41) is 9.61. The molecule has 2 rings (SSSR count). The summed E-state index contributed by atoms with van der Waals surface area (Å²) in [5.74, 6) is 0. The zero-order valence-electron chi connectivity index (χ0n) is 10.6. The summed E-state index contributed by atoms with van der Waals surface area (Å²) >= 11 is 0. The predicted octanol–water partition coefficient (Wildman–Crippen LogP) is 2.41. The highest BCUT2D eigenvalue weighted by Crippen LogP contribution is 2.63. The van der Waals surface area contributed by atoms with Gasteiger partial charge in [-0.25, -0.2) is 0 Å². The van der Waals surface area contributed by atoms with Crippen molar-refractivity contribution < 1.29 is 5.11 Å². The molecule has 1 aromatic rings. The van der Waals surface area contributed by atoms with Gasteiger partial charge in [-0.05, 0) is 29.5 Å². The lowest BCUT2D eigenvalue weighted by molar-refractivity contribution is 0.231. The van der Waals surface area contributed by atoms with Gasteiger partial charge in [-0.3, -0.25) is 0 Å². The quantitative estimate of drug-likeness (QED) is 0.844. The van der Waals surface area contributed by atoms with Gasteiger partial charge in [-0.2, -0.15) is 0 Å². The molecule has 88 valence electrons. The summed E-state index contributed by atoms with van der Waals surface area (Å²) in [6.45, 7) is 4.70. The van der Waals surface area contributed by atoms with E-state index in [4.69, 9.17) is 0 Å². The SMILES string of the molecule is CN(C)c1ccc(C2(CO)CC2(C)C)cc1. The second-order valence-electron chi connectivity index (χ2n) is 5.74. The van der Waals surface area contributed by atoms with E-state index in [1.165, 1.54) is 11.3 Å². The molecular weight excluding hydrogens is 198 g/mol. The number of aliphatic hydroxyl groups excluding tert-OH is 1. The Hall–Kier alpha value is -1.02. The van der Waals surface area contributed by atoms with Crippen LogP contribution in [0, 0.1) is 5.41 Å². The lowest BCUT2D eigenvalue weighted by atomic mass is 9.88. The third-order valence-electron chi connectivity index (χ3n) is 4.12. The number of hydrogen-bond donors (Lipinski definition) is 1. The Bertz CT molecular complexity index is 380. The second kappa shape index (κ2) is 3.49. The van der Waals surface area contributed by atoms with E-state index >= 15 is 0 Å². The van der Waals surface area contributed by atoms with E-state index in [2.05, 4.69) is 43.0 Å². The van der Waals surface area contributed by atoms with E-state index in [0.717, 1.165) is 6.42 Å². The molecule has 0 saturated heterocycles. The summed E-state index contributed by atoms with van der Waals surface area (Å²) < 4.78 is 0. The van der Waals surface area contributed by atoms with Crippen LogP contribution in [0.3, 0.4) is 0 Å². The Kier molecular flexibility index (Phi) is 2.50. The van der Waals surface area contributed by atoms with Gasteiger partial charge < -0.3 is 10.0 Å². The van der Waals surface area contributed by atoms with Gasteiger partial charge in [0.15, 0.2) is 0 Å². The van der Waals surface area contributed by atoms with Crippen molar-refractivity contribution in [2.75, 3.05) is 25.6 Å². The summed E-state index contributed by atoms with van der Waals surface area (Å²) in [7, 11) is 4.08. The van der Waals surface area contributed by atoms with E-state index in [1.807, 2.05) is 14.1 Å². The number of anilines is 1. The molecule has 0 heterocycles. The fourth-order valence-electron chi connectivity index (χ4n) is 2.64. The van der Waals surface area contributed by atoms with E-state index in [1.54, 1.807) is 0 Å². The zero-order chi connectivity index (χ0) is 12.0. The van der Waals surface area contributed by atoms with Gasteiger partial charge in [0.2, 0.25) is 0 Å². The minimum absolute atomic E-state index is 0.00214. The van der Waals surface area contributed by atoms with Crippen LogP contribution in [0.15, 0.2) is 24.3 Å². The van der Waals surface area contributed by atoms with Gasteiger partial charge in [0.25, 0.3) is 0 Å². The van der Waals surface area contributed by atoms with Gasteiger partial charge in [0, 0.05) is 25.2 Å². The van der Waals surface area contributed by atoms with Gasteiger partial charge in [-0.1, -0.05) is 26.0 Å². The molecule has 1 fully saturated rings. The first kappa shape index (κ1) is 11.5. The average molecular weight is 219 g/mol. The first-order valence-electron chi connectivity index (χ1n) is 5.82. The molecule has 0 radical (unpaired) electrons.